The number of aliphatic hydroxyl groups is 1. The van der Waals surface area contributed by atoms with Crippen molar-refractivity contribution in [2.45, 2.75) is 0 Å². The van der Waals surface area contributed by atoms with E-state index in [9.17, 15) is 30.1 Å². The smallest absolute Gasteiger partial charge is 0.269 e. The van der Waals surface area contributed by atoms with Crippen LogP contribution in [0.1, 0.15) is 11.1 Å². The molecule has 2 aromatic carbocycles. The van der Waals surface area contributed by atoms with Crippen LogP contribution in [-0.4, -0.2) is 15.0 Å². The number of benzene rings is 3. The van der Waals surface area contributed by atoms with Crippen molar-refractivity contribution in [1.29, 1.82) is 0 Å². The predicted molar refractivity (Wildman–Crippen MR) is 117 cm³/mol. The lowest BCUT2D eigenvalue weighted by atomic mass is 10.00. The lowest BCUT2D eigenvalue weighted by molar-refractivity contribution is -0.385. The van der Waals surface area contributed by atoms with E-state index in [0.717, 1.165) is 0 Å². The van der Waals surface area contributed by atoms with Crippen molar-refractivity contribution in [3.05, 3.63) is 114 Å². The number of nitro benzene ring substituents is 2. The third-order valence-electron chi connectivity index (χ3n) is 4.80. The van der Waals surface area contributed by atoms with Gasteiger partial charge in [-0.15, -0.1) is 0 Å². The fraction of sp³-hybridized carbons (Fsp3) is 0. The standard InChI is InChI=1S/C23H14N2O7/c26-19-9-10-20-16(11-21(27)14-1-5-17(6-2-14)24(28)29)12-22(32-23(20)13-19)15-3-7-18(8-4-15)25(30)31/h1-13,27H. The molecule has 32 heavy (non-hydrogen) atoms. The van der Waals surface area contributed by atoms with Gasteiger partial charge in [0.05, 0.1) is 9.85 Å². The Labute approximate surface area is 180 Å². The average molecular weight is 430 g/mol. The van der Waals surface area contributed by atoms with Crippen molar-refractivity contribution in [2.24, 2.45) is 0 Å². The van der Waals surface area contributed by atoms with Gasteiger partial charge in [0, 0.05) is 47.0 Å². The maximum atomic E-state index is 11.8. The van der Waals surface area contributed by atoms with Crippen molar-refractivity contribution in [3.8, 4) is 22.6 Å². The Kier molecular flexibility index (Phi) is 5.22. The second kappa shape index (κ2) is 8.15. The molecular formula is C23H14N2O7. The van der Waals surface area contributed by atoms with Crippen LogP contribution in [0, 0.1) is 20.2 Å². The Hall–Kier alpha value is -4.79. The maximum absolute atomic E-state index is 11.8. The Morgan fingerprint density at radius 2 is 1.41 bits per heavy atom. The summed E-state index contributed by atoms with van der Waals surface area (Å²) in [6, 6.07) is 17.0. The molecule has 0 aromatic heterocycles. The topological polar surface area (TPSA) is 137 Å². The van der Waals surface area contributed by atoms with E-state index in [1.54, 1.807) is 12.1 Å². The molecule has 2 aliphatic rings. The molecule has 0 atom stereocenters. The van der Waals surface area contributed by atoms with E-state index < -0.39 is 9.85 Å². The molecule has 1 heterocycles. The van der Waals surface area contributed by atoms with Crippen LogP contribution < -0.4 is 5.43 Å². The van der Waals surface area contributed by atoms with Crippen LogP contribution in [0.5, 0.6) is 0 Å². The van der Waals surface area contributed by atoms with E-state index >= 15 is 0 Å². The van der Waals surface area contributed by atoms with Crippen molar-refractivity contribution in [2.75, 3.05) is 0 Å². The summed E-state index contributed by atoms with van der Waals surface area (Å²) in [5.74, 6) is 0.463. The number of nitro groups is 2. The molecule has 9 heteroatoms. The quantitative estimate of drug-likeness (QED) is 0.258. The van der Waals surface area contributed by atoms with Crippen LogP contribution in [0.2, 0.25) is 0 Å². The lowest BCUT2D eigenvalue weighted by Gasteiger charge is -2.12. The van der Waals surface area contributed by atoms with Gasteiger partial charge in [0.15, 0.2) is 5.43 Å². The Morgan fingerprint density at radius 1 is 0.812 bits per heavy atom. The third-order valence-corrected chi connectivity index (χ3v) is 4.80. The van der Waals surface area contributed by atoms with Crippen molar-refractivity contribution in [3.63, 3.8) is 0 Å². The fourth-order valence-electron chi connectivity index (χ4n) is 3.19. The van der Waals surface area contributed by atoms with Gasteiger partial charge in [0.1, 0.15) is 17.3 Å². The van der Waals surface area contributed by atoms with Crippen molar-refractivity contribution < 1.29 is 19.4 Å². The number of hydrogen-bond donors (Lipinski definition) is 1. The molecule has 0 bridgehead atoms. The molecule has 0 radical (unpaired) electrons. The first kappa shape index (κ1) is 20.5. The maximum Gasteiger partial charge on any atom is 0.269 e. The van der Waals surface area contributed by atoms with Gasteiger partial charge < -0.3 is 9.52 Å². The molecule has 0 spiro atoms. The summed E-state index contributed by atoms with van der Waals surface area (Å²) in [4.78, 5) is 32.5. The number of fused-ring (bicyclic) bond motifs is 1. The second-order valence-electron chi connectivity index (χ2n) is 6.86. The first-order chi connectivity index (χ1) is 15.3. The summed E-state index contributed by atoms with van der Waals surface area (Å²) in [6.07, 6.45) is 1.46. The van der Waals surface area contributed by atoms with Crippen LogP contribution in [0.3, 0.4) is 0 Å². The highest BCUT2D eigenvalue weighted by Gasteiger charge is 2.15. The largest absolute Gasteiger partial charge is 0.507 e. The average Bonchev–Trinajstić information content (AvgIpc) is 2.78. The number of hydrogen-bond acceptors (Lipinski definition) is 7. The number of rotatable bonds is 5. The zero-order chi connectivity index (χ0) is 22.8. The molecule has 1 aliphatic carbocycles. The van der Waals surface area contributed by atoms with Crippen LogP contribution in [0.15, 0.2) is 82.0 Å². The second-order valence-corrected chi connectivity index (χ2v) is 6.86. The molecule has 0 saturated carbocycles. The molecule has 1 N–H and O–H groups in total. The minimum atomic E-state index is -0.534. The Bertz CT molecular complexity index is 1390. The van der Waals surface area contributed by atoms with Gasteiger partial charge in [-0.1, -0.05) is 0 Å². The molecule has 9 nitrogen and oxygen atoms in total. The van der Waals surface area contributed by atoms with Gasteiger partial charge in [-0.05, 0) is 54.1 Å². The van der Waals surface area contributed by atoms with Crippen molar-refractivity contribution >= 4 is 23.2 Å². The predicted octanol–water partition coefficient (Wildman–Crippen LogP) is 5.28. The van der Waals surface area contributed by atoms with E-state index in [1.165, 1.54) is 66.7 Å². The first-order valence-electron chi connectivity index (χ1n) is 9.30. The zero-order valence-electron chi connectivity index (χ0n) is 16.3. The minimum absolute atomic E-state index is 0.0766. The van der Waals surface area contributed by atoms with E-state index in [4.69, 9.17) is 4.42 Å². The molecule has 0 unspecified atom stereocenters. The summed E-state index contributed by atoms with van der Waals surface area (Å²) >= 11 is 0. The number of nitrogens with zero attached hydrogens (tertiary/aromatic N) is 2. The molecule has 2 aromatic rings. The van der Waals surface area contributed by atoms with Gasteiger partial charge in [-0.25, -0.2) is 0 Å². The van der Waals surface area contributed by atoms with E-state index in [1.807, 2.05) is 0 Å². The number of non-ortho nitro benzene ring substituents is 2. The molecule has 0 fully saturated rings. The lowest BCUT2D eigenvalue weighted by Crippen LogP contribution is -2.00. The molecule has 4 rings (SSSR count). The highest BCUT2D eigenvalue weighted by molar-refractivity contribution is 5.85. The summed E-state index contributed by atoms with van der Waals surface area (Å²) in [6.45, 7) is 0. The van der Waals surface area contributed by atoms with Crippen molar-refractivity contribution in [1.82, 2.24) is 0 Å². The van der Waals surface area contributed by atoms with E-state index in [2.05, 4.69) is 0 Å². The SMILES string of the molecule is O=c1ccc2c(C=C(O)c3ccc([N+](=O)[O-])cc3)cc(-c3ccc([N+](=O)[O-])cc3)oc-2c1. The molecular weight excluding hydrogens is 416 g/mol. The van der Waals surface area contributed by atoms with Crippen LogP contribution in [-0.2, 0) is 0 Å². The van der Waals surface area contributed by atoms with Gasteiger partial charge in [0.25, 0.3) is 11.4 Å². The van der Waals surface area contributed by atoms with E-state index in [-0.39, 0.29) is 28.3 Å². The first-order valence-corrected chi connectivity index (χ1v) is 9.30. The summed E-state index contributed by atoms with van der Waals surface area (Å²) in [7, 11) is 0. The van der Waals surface area contributed by atoms with Gasteiger partial charge in [-0.2, -0.15) is 0 Å². The Balaban J connectivity index is 1.82. The minimum Gasteiger partial charge on any atom is -0.507 e. The summed E-state index contributed by atoms with van der Waals surface area (Å²) in [5, 5.41) is 32.3. The summed E-state index contributed by atoms with van der Waals surface area (Å²) in [5.41, 5.74) is 1.54. The molecule has 158 valence electrons. The highest BCUT2D eigenvalue weighted by Crippen LogP contribution is 2.34. The van der Waals surface area contributed by atoms with Crippen LogP contribution in [0.25, 0.3) is 34.5 Å². The van der Waals surface area contributed by atoms with Crippen LogP contribution >= 0.6 is 0 Å². The Morgan fingerprint density at radius 3 is 2.00 bits per heavy atom. The van der Waals surface area contributed by atoms with Gasteiger partial charge in [-0.3, -0.25) is 25.0 Å². The highest BCUT2D eigenvalue weighted by atomic mass is 16.6. The van der Waals surface area contributed by atoms with Crippen LogP contribution in [0.4, 0.5) is 11.4 Å². The van der Waals surface area contributed by atoms with E-state index in [0.29, 0.717) is 28.0 Å². The van der Waals surface area contributed by atoms with Gasteiger partial charge in [0.2, 0.25) is 0 Å². The molecule has 0 saturated heterocycles. The normalized spacial score (nSPS) is 11.4. The molecule has 0 amide bonds. The third kappa shape index (κ3) is 4.08. The zero-order valence-corrected chi connectivity index (χ0v) is 16.3. The molecule has 1 aliphatic heterocycles. The fourth-order valence-corrected chi connectivity index (χ4v) is 3.19. The number of aliphatic hydroxyl groups excluding tert-OH is 1. The van der Waals surface area contributed by atoms with Gasteiger partial charge >= 0.3 is 0 Å². The monoisotopic (exact) mass is 430 g/mol. The summed E-state index contributed by atoms with van der Waals surface area (Å²) < 4.78 is 5.84.